The lowest BCUT2D eigenvalue weighted by Crippen LogP contribution is -2.30. The zero-order valence-electron chi connectivity index (χ0n) is 38.5. The lowest BCUT2D eigenvalue weighted by Gasteiger charge is -2.18. The molecule has 338 valence electrons. The van der Waals surface area contributed by atoms with Crippen molar-refractivity contribution in [3.8, 4) is 0 Å². The molecule has 0 radical (unpaired) electrons. The first-order valence-electron chi connectivity index (χ1n) is 24.4. The zero-order valence-corrected chi connectivity index (χ0v) is 38.5. The third kappa shape index (κ3) is 45.8. The van der Waals surface area contributed by atoms with Gasteiger partial charge in [-0.05, 0) is 70.6 Å². The van der Waals surface area contributed by atoms with Gasteiger partial charge < -0.3 is 14.2 Å². The van der Waals surface area contributed by atoms with Crippen molar-refractivity contribution in [3.63, 3.8) is 0 Å². The van der Waals surface area contributed by atoms with Crippen molar-refractivity contribution in [2.24, 2.45) is 0 Å². The molecule has 0 rings (SSSR count). The Morgan fingerprint density at radius 1 is 0.356 bits per heavy atom. The van der Waals surface area contributed by atoms with E-state index in [0.717, 1.165) is 109 Å². The Kier molecular flexibility index (Phi) is 45.0. The van der Waals surface area contributed by atoms with Crippen LogP contribution in [0.15, 0.2) is 72.9 Å². The van der Waals surface area contributed by atoms with Crippen LogP contribution in [-0.4, -0.2) is 37.2 Å². The molecule has 1 atom stereocenters. The van der Waals surface area contributed by atoms with Crippen LogP contribution in [0, 0.1) is 0 Å². The molecular weight excluding hydrogens is 733 g/mol. The zero-order chi connectivity index (χ0) is 43.0. The van der Waals surface area contributed by atoms with E-state index in [2.05, 4.69) is 93.7 Å². The van der Waals surface area contributed by atoms with E-state index < -0.39 is 6.10 Å². The van der Waals surface area contributed by atoms with E-state index in [1.165, 1.54) is 77.0 Å². The van der Waals surface area contributed by atoms with Gasteiger partial charge in [-0.25, -0.2) is 0 Å². The van der Waals surface area contributed by atoms with Crippen LogP contribution in [0.25, 0.3) is 0 Å². The number of carbonyl (C=O) groups is 3. The summed E-state index contributed by atoms with van der Waals surface area (Å²) in [4.78, 5) is 37.4. The molecule has 6 nitrogen and oxygen atoms in total. The number of unbranched alkanes of at least 4 members (excludes halogenated alkanes) is 20. The fourth-order valence-corrected chi connectivity index (χ4v) is 6.56. The lowest BCUT2D eigenvalue weighted by atomic mass is 10.1. The summed E-state index contributed by atoms with van der Waals surface area (Å²) in [5.74, 6) is -0.905. The number of hydrogen-bond donors (Lipinski definition) is 0. The molecule has 0 saturated heterocycles. The number of ether oxygens (including phenoxy) is 3. The Labute approximate surface area is 363 Å². The molecule has 0 bridgehead atoms. The Bertz CT molecular complexity index is 1130. The molecule has 6 heteroatoms. The van der Waals surface area contributed by atoms with Crippen molar-refractivity contribution in [2.45, 2.75) is 232 Å². The third-order valence-electron chi connectivity index (χ3n) is 10.2. The molecule has 0 saturated carbocycles. The van der Waals surface area contributed by atoms with E-state index in [9.17, 15) is 14.4 Å². The second-order valence-corrected chi connectivity index (χ2v) is 16.0. The minimum Gasteiger partial charge on any atom is -0.462 e. The first kappa shape index (κ1) is 55.9. The monoisotopic (exact) mass is 823 g/mol. The molecule has 0 fully saturated rings. The third-order valence-corrected chi connectivity index (χ3v) is 10.2. The molecule has 0 aliphatic rings. The van der Waals surface area contributed by atoms with E-state index >= 15 is 0 Å². The molecule has 0 aromatic carbocycles. The number of rotatable bonds is 43. The van der Waals surface area contributed by atoms with Crippen LogP contribution < -0.4 is 0 Å². The van der Waals surface area contributed by atoms with Crippen LogP contribution in [0.3, 0.4) is 0 Å². The molecule has 0 N–H and O–H groups in total. The standard InChI is InChI=1S/C53H90O6/c1-4-7-10-13-15-17-18-19-20-21-22-23-24-25-26-27-28-29-30-31-32-33-34-36-37-40-43-46-52(55)58-49-50(48-57-51(54)45-42-39-12-9-6-3)59-53(56)47-44-41-38-35-16-14-11-8-5-2/h7,10,15,17,19-20,22-23,25-26,28-29,50H,4-6,8-9,11-14,16,18,21,24,27,30-49H2,1-3H3/b10-7-,17-15-,20-19-,23-22-,26-25-,29-28-. The van der Waals surface area contributed by atoms with Gasteiger partial charge in [-0.2, -0.15) is 0 Å². The molecule has 0 aliphatic carbocycles. The van der Waals surface area contributed by atoms with Crippen LogP contribution in [0.4, 0.5) is 0 Å². The van der Waals surface area contributed by atoms with Crippen LogP contribution in [0.5, 0.6) is 0 Å². The van der Waals surface area contributed by atoms with Gasteiger partial charge in [0.05, 0.1) is 0 Å². The summed E-state index contributed by atoms with van der Waals surface area (Å²) < 4.78 is 16.6. The van der Waals surface area contributed by atoms with Crippen molar-refractivity contribution in [1.29, 1.82) is 0 Å². The smallest absolute Gasteiger partial charge is 0.306 e. The van der Waals surface area contributed by atoms with Crippen molar-refractivity contribution >= 4 is 17.9 Å². The Hall–Kier alpha value is -3.15. The van der Waals surface area contributed by atoms with Gasteiger partial charge >= 0.3 is 17.9 Å². The summed E-state index contributed by atoms with van der Waals surface area (Å²) in [5, 5.41) is 0. The average Bonchev–Trinajstić information content (AvgIpc) is 3.23. The summed E-state index contributed by atoms with van der Waals surface area (Å²) in [6, 6.07) is 0. The highest BCUT2D eigenvalue weighted by atomic mass is 16.6. The highest BCUT2D eigenvalue weighted by molar-refractivity contribution is 5.71. The summed E-state index contributed by atoms with van der Waals surface area (Å²) >= 11 is 0. The van der Waals surface area contributed by atoms with Gasteiger partial charge in [0.15, 0.2) is 6.10 Å². The van der Waals surface area contributed by atoms with Crippen LogP contribution >= 0.6 is 0 Å². The van der Waals surface area contributed by atoms with Crippen LogP contribution in [0.2, 0.25) is 0 Å². The van der Waals surface area contributed by atoms with Gasteiger partial charge in [0.25, 0.3) is 0 Å². The second kappa shape index (κ2) is 47.5. The van der Waals surface area contributed by atoms with E-state index in [1.54, 1.807) is 0 Å². The highest BCUT2D eigenvalue weighted by Gasteiger charge is 2.19. The van der Waals surface area contributed by atoms with Crippen LogP contribution in [0.1, 0.15) is 226 Å². The van der Waals surface area contributed by atoms with Gasteiger partial charge in [-0.15, -0.1) is 0 Å². The highest BCUT2D eigenvalue weighted by Crippen LogP contribution is 2.14. The minimum atomic E-state index is -0.770. The van der Waals surface area contributed by atoms with Gasteiger partial charge in [0, 0.05) is 19.3 Å². The quantitative estimate of drug-likeness (QED) is 0.0264. The first-order valence-corrected chi connectivity index (χ1v) is 24.4. The fraction of sp³-hybridized carbons (Fsp3) is 0.717. The molecule has 0 amide bonds. The maximum atomic E-state index is 12.6. The molecular formula is C53H90O6. The molecule has 59 heavy (non-hydrogen) atoms. The first-order chi connectivity index (χ1) is 29.0. The fourth-order valence-electron chi connectivity index (χ4n) is 6.56. The summed E-state index contributed by atoms with van der Waals surface area (Å²) in [7, 11) is 0. The summed E-state index contributed by atoms with van der Waals surface area (Å²) in [6.07, 6.45) is 59.3. The largest absolute Gasteiger partial charge is 0.462 e. The molecule has 0 spiro atoms. The van der Waals surface area contributed by atoms with E-state index in [4.69, 9.17) is 14.2 Å². The SMILES string of the molecule is CC/C=C\C/C=C\C/C=C\C/C=C\C/C=C\C/C=C\CCCCCCCCCCC(=O)OCC(COC(=O)CCCCCCC)OC(=O)CCCCCCCCCCC. The predicted molar refractivity (Wildman–Crippen MR) is 251 cm³/mol. The van der Waals surface area contributed by atoms with Gasteiger partial charge in [0.2, 0.25) is 0 Å². The summed E-state index contributed by atoms with van der Waals surface area (Å²) in [6.45, 7) is 6.40. The molecule has 0 aromatic heterocycles. The van der Waals surface area contributed by atoms with E-state index in [1.807, 2.05) is 0 Å². The minimum absolute atomic E-state index is 0.0774. The molecule has 0 aliphatic heterocycles. The van der Waals surface area contributed by atoms with E-state index in [-0.39, 0.29) is 31.1 Å². The van der Waals surface area contributed by atoms with E-state index in [0.29, 0.717) is 19.3 Å². The molecule has 1 unspecified atom stereocenters. The van der Waals surface area contributed by atoms with Crippen molar-refractivity contribution < 1.29 is 28.6 Å². The number of hydrogen-bond acceptors (Lipinski definition) is 6. The van der Waals surface area contributed by atoms with Crippen molar-refractivity contribution in [2.75, 3.05) is 13.2 Å². The molecule has 0 aromatic rings. The normalized spacial score (nSPS) is 12.7. The van der Waals surface area contributed by atoms with Gasteiger partial charge in [-0.3, -0.25) is 14.4 Å². The number of esters is 3. The maximum absolute atomic E-state index is 12.6. The number of allylic oxidation sites excluding steroid dienone is 12. The van der Waals surface area contributed by atoms with Gasteiger partial charge in [0.1, 0.15) is 13.2 Å². The van der Waals surface area contributed by atoms with Crippen LogP contribution in [-0.2, 0) is 28.6 Å². The van der Waals surface area contributed by atoms with Gasteiger partial charge in [-0.1, -0.05) is 209 Å². The second-order valence-electron chi connectivity index (χ2n) is 16.0. The molecule has 0 heterocycles. The lowest BCUT2D eigenvalue weighted by molar-refractivity contribution is -0.167. The van der Waals surface area contributed by atoms with Crippen molar-refractivity contribution in [3.05, 3.63) is 72.9 Å². The Morgan fingerprint density at radius 3 is 1.03 bits per heavy atom. The Balaban J connectivity index is 4.06. The predicted octanol–water partition coefficient (Wildman–Crippen LogP) is 15.9. The van der Waals surface area contributed by atoms with Crippen molar-refractivity contribution in [1.82, 2.24) is 0 Å². The Morgan fingerprint density at radius 2 is 0.661 bits per heavy atom. The average molecular weight is 823 g/mol. The number of carbonyl (C=O) groups excluding carboxylic acids is 3. The summed E-state index contributed by atoms with van der Waals surface area (Å²) in [5.41, 5.74) is 0. The maximum Gasteiger partial charge on any atom is 0.306 e. The topological polar surface area (TPSA) is 78.9 Å².